The minimum absolute atomic E-state index is 0.0545. The Bertz CT molecular complexity index is 2370. The number of methoxy groups -OCH3 is 2. The molecule has 17 heteroatoms. The van der Waals surface area contributed by atoms with Crippen LogP contribution in [0.5, 0.6) is 11.5 Å². The van der Waals surface area contributed by atoms with Gasteiger partial charge in [0.15, 0.2) is 17.0 Å². The molecule has 3 aromatic carbocycles. The van der Waals surface area contributed by atoms with Crippen LogP contribution in [0.4, 0.5) is 11.8 Å². The van der Waals surface area contributed by atoms with Crippen LogP contribution in [-0.2, 0) is 24.1 Å². The number of fused-ring (bicyclic) bond motifs is 1. The average molecular weight is 848 g/mol. The predicted molar refractivity (Wildman–Crippen MR) is 230 cm³/mol. The first kappa shape index (κ1) is 43.3. The van der Waals surface area contributed by atoms with Crippen LogP contribution in [-0.4, -0.2) is 85.9 Å². The maximum Gasteiger partial charge on any atom is 0.280 e. The van der Waals surface area contributed by atoms with Crippen LogP contribution in [0.25, 0.3) is 11.2 Å². The van der Waals surface area contributed by atoms with E-state index in [1.165, 1.54) is 12.4 Å². The minimum atomic E-state index is -1.68. The Kier molecular flexibility index (Phi) is 14.0. The van der Waals surface area contributed by atoms with E-state index in [1.807, 2.05) is 78.9 Å². The highest BCUT2D eigenvalue weighted by Crippen LogP contribution is 2.51. The largest absolute Gasteiger partial charge is 0.497 e. The van der Waals surface area contributed by atoms with Crippen molar-refractivity contribution in [2.24, 2.45) is 0 Å². The molecule has 1 fully saturated rings. The zero-order chi connectivity index (χ0) is 42.9. The van der Waals surface area contributed by atoms with Crippen LogP contribution in [0, 0.1) is 11.3 Å². The molecule has 0 amide bonds. The summed E-state index contributed by atoms with van der Waals surface area (Å²) in [6.07, 6.45) is 4.75. The van der Waals surface area contributed by atoms with E-state index in [1.54, 1.807) is 31.3 Å². The number of H-pyrrole nitrogens is 1. The molecule has 1 unspecified atom stereocenters. The van der Waals surface area contributed by atoms with Gasteiger partial charge in [0.2, 0.25) is 5.95 Å². The molecule has 1 aliphatic heterocycles. The maximum atomic E-state index is 13.3. The van der Waals surface area contributed by atoms with Crippen molar-refractivity contribution in [3.05, 3.63) is 131 Å². The fourth-order valence-corrected chi connectivity index (χ4v) is 9.26. The molecule has 4 atom stereocenters. The van der Waals surface area contributed by atoms with Gasteiger partial charge in [-0.15, -0.1) is 0 Å². The third-order valence-electron chi connectivity index (χ3n) is 10.3. The lowest BCUT2D eigenvalue weighted by atomic mass is 9.80. The smallest absolute Gasteiger partial charge is 0.280 e. The van der Waals surface area contributed by atoms with Gasteiger partial charge in [-0.25, -0.2) is 14.6 Å². The topological polar surface area (TPSA) is 184 Å². The van der Waals surface area contributed by atoms with Crippen LogP contribution in [0.3, 0.4) is 0 Å². The minimum Gasteiger partial charge on any atom is -0.497 e. The van der Waals surface area contributed by atoms with Crippen molar-refractivity contribution < 1.29 is 28.0 Å². The standard InChI is InChI=1S/C44H50N9O7P/c1-29(2)53(30(3)4)61(58-24-10-21-45)60-36-25-39(52-28-48-40-41(52)50-43(51-42(40)54)49-38-26-46-22-23-47-38)59-37(36)27-57-44(31-11-8-7-9-12-31,32-13-17-34(55-5)18-14-32)33-15-19-35(56-6)20-16-33/h7-9,11-20,22-23,26,28-30,36-37,39H,10,24-25,27H2,1-6H3,(H2,47,49,50,51,54)/t36-,37+,39+,61?/m0/s1. The van der Waals surface area contributed by atoms with Gasteiger partial charge >= 0.3 is 0 Å². The predicted octanol–water partition coefficient (Wildman–Crippen LogP) is 7.63. The second kappa shape index (κ2) is 19.7. The van der Waals surface area contributed by atoms with Crippen LogP contribution < -0.4 is 20.3 Å². The zero-order valence-corrected chi connectivity index (χ0v) is 35.9. The lowest BCUT2D eigenvalue weighted by Gasteiger charge is -2.39. The van der Waals surface area contributed by atoms with E-state index >= 15 is 0 Å². The van der Waals surface area contributed by atoms with Crippen LogP contribution in [0.2, 0.25) is 0 Å². The number of aromatic nitrogens is 6. The van der Waals surface area contributed by atoms with E-state index in [9.17, 15) is 10.1 Å². The Morgan fingerprint density at radius 1 is 0.951 bits per heavy atom. The van der Waals surface area contributed by atoms with Gasteiger partial charge in [-0.3, -0.25) is 19.3 Å². The van der Waals surface area contributed by atoms with Gasteiger partial charge in [-0.2, -0.15) is 10.2 Å². The number of hydrogen-bond donors (Lipinski definition) is 2. The number of aromatic amines is 1. The van der Waals surface area contributed by atoms with Crippen LogP contribution in [0.15, 0.2) is 109 Å². The monoisotopic (exact) mass is 847 g/mol. The summed E-state index contributed by atoms with van der Waals surface area (Å²) in [5.41, 5.74) is 1.46. The highest BCUT2D eigenvalue weighted by molar-refractivity contribution is 7.44. The molecule has 0 aliphatic carbocycles. The number of rotatable bonds is 19. The number of benzene rings is 3. The second-order valence-electron chi connectivity index (χ2n) is 14.8. The lowest BCUT2D eigenvalue weighted by molar-refractivity contribution is -0.0912. The highest BCUT2D eigenvalue weighted by Gasteiger charge is 2.45. The van der Waals surface area contributed by atoms with Gasteiger partial charge in [0.05, 0.1) is 58.6 Å². The van der Waals surface area contributed by atoms with E-state index in [0.29, 0.717) is 29.4 Å². The molecule has 0 bridgehead atoms. The summed E-state index contributed by atoms with van der Waals surface area (Å²) in [5.74, 6) is 1.97. The van der Waals surface area contributed by atoms with E-state index < -0.39 is 38.1 Å². The number of imidazole rings is 1. The Hall–Kier alpha value is -5.79. The average Bonchev–Trinajstić information content (AvgIpc) is 3.89. The molecule has 0 radical (unpaired) electrons. The third-order valence-corrected chi connectivity index (χ3v) is 12.4. The highest BCUT2D eigenvalue weighted by atomic mass is 31.2. The Morgan fingerprint density at radius 3 is 2.20 bits per heavy atom. The number of hydrogen-bond acceptors (Lipinski definition) is 14. The first-order valence-corrected chi connectivity index (χ1v) is 21.2. The molecule has 0 saturated carbocycles. The molecular weight excluding hydrogens is 798 g/mol. The Balaban J connectivity index is 1.31. The molecule has 318 valence electrons. The van der Waals surface area contributed by atoms with Crippen molar-refractivity contribution >= 4 is 31.5 Å². The lowest BCUT2D eigenvalue weighted by Crippen LogP contribution is -2.39. The maximum absolute atomic E-state index is 13.3. The molecule has 7 rings (SSSR count). The molecule has 1 aliphatic rings. The quantitative estimate of drug-likeness (QED) is 0.0461. The van der Waals surface area contributed by atoms with Crippen molar-refractivity contribution in [3.8, 4) is 17.6 Å². The van der Waals surface area contributed by atoms with Gasteiger partial charge in [0, 0.05) is 30.9 Å². The molecule has 16 nitrogen and oxygen atoms in total. The fraction of sp³-hybridized carbons (Fsp3) is 0.364. The Morgan fingerprint density at radius 2 is 1.61 bits per heavy atom. The van der Waals surface area contributed by atoms with Gasteiger partial charge in [-0.05, 0) is 68.7 Å². The molecule has 2 N–H and O–H groups in total. The van der Waals surface area contributed by atoms with Crippen molar-refractivity contribution in [1.29, 1.82) is 5.26 Å². The first-order chi connectivity index (χ1) is 29.6. The Labute approximate surface area is 355 Å². The SMILES string of the molecule is COc1ccc(C(OC[C@H]2O[C@@H](n3cnc4c(=O)[nH]c(Nc5cnccn5)nc43)C[C@@H]2OP(OCCC#N)N(C(C)C)C(C)C)(c2ccccc2)c2ccc(OC)cc2)cc1. The van der Waals surface area contributed by atoms with Gasteiger partial charge < -0.3 is 33.3 Å². The normalized spacial score (nSPS) is 17.2. The summed E-state index contributed by atoms with van der Waals surface area (Å²) in [4.78, 5) is 33.6. The van der Waals surface area contributed by atoms with Crippen LogP contribution >= 0.6 is 8.53 Å². The second-order valence-corrected chi connectivity index (χ2v) is 16.2. The van der Waals surface area contributed by atoms with Gasteiger partial charge in [0.25, 0.3) is 14.1 Å². The summed E-state index contributed by atoms with van der Waals surface area (Å²) in [5, 5.41) is 12.4. The summed E-state index contributed by atoms with van der Waals surface area (Å²) in [7, 11) is 1.59. The fourth-order valence-electron chi connectivity index (χ4n) is 7.50. The van der Waals surface area contributed by atoms with E-state index in [0.717, 1.165) is 16.7 Å². The van der Waals surface area contributed by atoms with Crippen LogP contribution in [0.1, 0.15) is 63.5 Å². The molecule has 0 spiro atoms. The van der Waals surface area contributed by atoms with Crippen molar-refractivity contribution in [2.45, 2.75) is 76.7 Å². The summed E-state index contributed by atoms with van der Waals surface area (Å²) in [6.45, 7) is 8.61. The number of anilines is 2. The molecule has 6 aromatic rings. The molecule has 3 aromatic heterocycles. The van der Waals surface area contributed by atoms with Crippen molar-refractivity contribution in [2.75, 3.05) is 32.8 Å². The van der Waals surface area contributed by atoms with E-state index in [2.05, 4.69) is 63.7 Å². The van der Waals surface area contributed by atoms with Gasteiger partial charge in [0.1, 0.15) is 29.4 Å². The zero-order valence-electron chi connectivity index (χ0n) is 35.0. The number of nitrogens with zero attached hydrogens (tertiary/aromatic N) is 7. The number of ether oxygens (including phenoxy) is 4. The van der Waals surface area contributed by atoms with Crippen molar-refractivity contribution in [1.82, 2.24) is 34.2 Å². The number of nitriles is 1. The van der Waals surface area contributed by atoms with Gasteiger partial charge in [-0.1, -0.05) is 54.6 Å². The third kappa shape index (κ3) is 9.58. The molecule has 4 heterocycles. The molecule has 61 heavy (non-hydrogen) atoms. The summed E-state index contributed by atoms with van der Waals surface area (Å²) >= 11 is 0. The molecular formula is C44H50N9O7P. The van der Waals surface area contributed by atoms with Crippen molar-refractivity contribution in [3.63, 3.8) is 0 Å². The summed E-state index contributed by atoms with van der Waals surface area (Å²) < 4.78 is 42.8. The van der Waals surface area contributed by atoms with E-state index in [-0.39, 0.29) is 43.2 Å². The summed E-state index contributed by atoms with van der Waals surface area (Å²) in [6, 6.07) is 28.0. The first-order valence-electron chi connectivity index (χ1n) is 20.0. The van der Waals surface area contributed by atoms with E-state index in [4.69, 9.17) is 33.0 Å². The number of nitrogens with one attached hydrogen (secondary N) is 2. The molecule has 1 saturated heterocycles.